The van der Waals surface area contributed by atoms with E-state index in [9.17, 15) is 14.7 Å². The van der Waals surface area contributed by atoms with Gasteiger partial charge in [0.1, 0.15) is 5.69 Å². The zero-order valence-corrected chi connectivity index (χ0v) is 35.0. The molecule has 0 spiro atoms. The number of carbonyl (C=O) groups excluding carboxylic acids is 1. The van der Waals surface area contributed by atoms with Crippen LogP contribution in [-0.4, -0.2) is 114 Å². The monoisotopic (exact) mass is 800 g/mol. The van der Waals surface area contributed by atoms with E-state index in [0.717, 1.165) is 94.7 Å². The number of allylic oxidation sites excluding steroid dienone is 4. The normalized spacial score (nSPS) is 16.9. The van der Waals surface area contributed by atoms with E-state index in [0.29, 0.717) is 29.0 Å². The van der Waals surface area contributed by atoms with Gasteiger partial charge in [0.25, 0.3) is 0 Å². The zero-order chi connectivity index (χ0) is 40.6. The van der Waals surface area contributed by atoms with Gasteiger partial charge in [0.05, 0.1) is 82.2 Å². The molecule has 3 aliphatic heterocycles. The first-order valence-corrected chi connectivity index (χ1v) is 20.5. The highest BCUT2D eigenvalue weighted by molar-refractivity contribution is 7.12. The van der Waals surface area contributed by atoms with Crippen molar-refractivity contribution in [2.24, 2.45) is 4.99 Å². The summed E-state index contributed by atoms with van der Waals surface area (Å²) >= 11 is 3.13. The maximum Gasteiger partial charge on any atom is 0.738 e. The van der Waals surface area contributed by atoms with Crippen LogP contribution in [0.5, 0.6) is 0 Å². The Morgan fingerprint density at radius 3 is 2.09 bits per heavy atom. The van der Waals surface area contributed by atoms with Gasteiger partial charge in [-0.15, -0.1) is 22.7 Å². The molecular weight excluding hydrogens is 749 g/mol. The molecule has 4 aromatic rings. The summed E-state index contributed by atoms with van der Waals surface area (Å²) in [7, 11) is 13.0. The van der Waals surface area contributed by atoms with Crippen molar-refractivity contribution in [3.8, 4) is 0 Å². The number of rotatable bonds is 13. The van der Waals surface area contributed by atoms with E-state index in [1.165, 1.54) is 16.9 Å². The Bertz CT molecular complexity index is 2330. The number of nitrogens with one attached hydrogen (secondary N) is 1. The average molecular weight is 801 g/mol. The van der Waals surface area contributed by atoms with Gasteiger partial charge in [0.2, 0.25) is 0 Å². The molecule has 0 bridgehead atoms. The van der Waals surface area contributed by atoms with Crippen LogP contribution >= 0.6 is 22.7 Å². The first-order valence-electron chi connectivity index (χ1n) is 18.8. The third-order valence-corrected chi connectivity index (χ3v) is 11.8. The van der Waals surface area contributed by atoms with Crippen LogP contribution in [0.1, 0.15) is 78.9 Å². The molecule has 0 saturated carbocycles. The Morgan fingerprint density at radius 2 is 1.54 bits per heavy atom. The molecule has 14 heteroatoms. The fraction of sp³-hybridized carbons (Fsp3) is 0.333. The minimum absolute atomic E-state index is 0.0156. The molecule has 0 aromatic carbocycles. The summed E-state index contributed by atoms with van der Waals surface area (Å²) < 4.78 is 35.5. The summed E-state index contributed by atoms with van der Waals surface area (Å²) in [5.74, 6) is -0.948. The van der Waals surface area contributed by atoms with Crippen molar-refractivity contribution in [2.75, 3.05) is 55.4 Å². The van der Waals surface area contributed by atoms with Crippen LogP contribution in [0.15, 0.2) is 86.8 Å². The van der Waals surface area contributed by atoms with Gasteiger partial charge in [-0.1, -0.05) is 12.1 Å². The maximum absolute atomic E-state index is 15.8. The molecule has 56 heavy (non-hydrogen) atoms. The number of aromatic nitrogens is 2. The van der Waals surface area contributed by atoms with Crippen LogP contribution in [0.4, 0.5) is 8.63 Å². The predicted molar refractivity (Wildman–Crippen MR) is 226 cm³/mol. The number of aromatic carboxylic acids is 1. The quantitative estimate of drug-likeness (QED) is 0.0808. The number of halogens is 2. The second-order valence-electron chi connectivity index (χ2n) is 16.6. The van der Waals surface area contributed by atoms with E-state index >= 15 is 8.63 Å². The molecule has 294 valence electrons. The molecule has 9 nitrogen and oxygen atoms in total. The second-order valence-corrected chi connectivity index (χ2v) is 18.5. The number of carboxylic acids is 1. The first kappa shape index (κ1) is 40.9. The van der Waals surface area contributed by atoms with E-state index in [1.54, 1.807) is 30.4 Å². The lowest BCUT2D eigenvalue weighted by atomic mass is 9.89. The van der Waals surface area contributed by atoms with Crippen molar-refractivity contribution < 1.29 is 36.8 Å². The lowest BCUT2D eigenvalue weighted by molar-refractivity contribution is -0.870. The highest BCUT2D eigenvalue weighted by atomic mass is 32.1. The summed E-state index contributed by atoms with van der Waals surface area (Å²) in [5.41, 5.74) is 8.17. The number of nitrogens with zero attached hydrogens (tertiary/aromatic N) is 5. The second kappa shape index (κ2) is 16.0. The minimum Gasteiger partial charge on any atom is -0.477 e. The summed E-state index contributed by atoms with van der Waals surface area (Å²) in [4.78, 5) is 32.5. The van der Waals surface area contributed by atoms with Crippen molar-refractivity contribution in [3.63, 3.8) is 0 Å². The van der Waals surface area contributed by atoms with Gasteiger partial charge in [-0.3, -0.25) is 4.79 Å². The lowest BCUT2D eigenvalue weighted by Crippen LogP contribution is -2.51. The number of aromatic amines is 1. The fourth-order valence-corrected chi connectivity index (χ4v) is 8.70. The molecule has 0 fully saturated rings. The molecular formula is C42H51BF2N6O3S2+2. The number of fused-ring (bicyclic) bond motifs is 2. The molecule has 0 atom stereocenters. The number of thiophene rings is 2. The van der Waals surface area contributed by atoms with Gasteiger partial charge < -0.3 is 36.7 Å². The molecule has 2 N–H and O–H groups in total. The van der Waals surface area contributed by atoms with Crippen molar-refractivity contribution in [3.05, 3.63) is 126 Å². The van der Waals surface area contributed by atoms with Gasteiger partial charge in [-0.25, -0.2) is 9.79 Å². The first-order chi connectivity index (χ1) is 26.4. The highest BCUT2D eigenvalue weighted by Gasteiger charge is 2.54. The van der Waals surface area contributed by atoms with Gasteiger partial charge in [-0.2, -0.15) is 0 Å². The number of carboxylic acid groups (broad SMARTS) is 1. The number of aldehydes is 1. The lowest BCUT2D eigenvalue weighted by Gasteiger charge is -2.31. The average Bonchev–Trinajstić information content (AvgIpc) is 3.95. The summed E-state index contributed by atoms with van der Waals surface area (Å²) in [6.45, 7) is 1.57. The Kier molecular flexibility index (Phi) is 11.7. The van der Waals surface area contributed by atoms with Crippen molar-refractivity contribution >= 4 is 65.5 Å². The van der Waals surface area contributed by atoms with E-state index in [4.69, 9.17) is 4.99 Å². The number of aryl methyl sites for hydroxylation is 2. The Labute approximate surface area is 335 Å². The van der Waals surface area contributed by atoms with Crippen LogP contribution in [0.3, 0.4) is 0 Å². The Balaban J connectivity index is 0.000000190. The van der Waals surface area contributed by atoms with Crippen LogP contribution < -0.4 is 0 Å². The van der Waals surface area contributed by atoms with Crippen molar-refractivity contribution in [1.82, 2.24) is 9.46 Å². The van der Waals surface area contributed by atoms with Gasteiger partial charge in [0, 0.05) is 42.0 Å². The molecule has 0 amide bonds. The number of hydrogen-bond acceptors (Lipinski definition) is 5. The number of quaternary nitrogens is 2. The number of H-pyrrole nitrogens is 1. The van der Waals surface area contributed by atoms with E-state index < -0.39 is 12.9 Å². The van der Waals surface area contributed by atoms with Crippen LogP contribution in [0.2, 0.25) is 0 Å². The van der Waals surface area contributed by atoms with E-state index in [-0.39, 0.29) is 11.4 Å². The molecule has 7 heterocycles. The number of carbonyl (C=O) groups is 2. The van der Waals surface area contributed by atoms with Gasteiger partial charge in [-0.05, 0) is 90.6 Å². The minimum atomic E-state index is -4.17. The fourth-order valence-electron chi connectivity index (χ4n) is 7.28. The van der Waals surface area contributed by atoms with E-state index in [1.807, 2.05) is 48.7 Å². The van der Waals surface area contributed by atoms with Gasteiger partial charge in [0.15, 0.2) is 17.7 Å². The summed E-state index contributed by atoms with van der Waals surface area (Å²) in [6, 6.07) is 11.1. The molecule has 0 aliphatic carbocycles. The maximum atomic E-state index is 15.8. The molecule has 0 saturated heterocycles. The summed E-state index contributed by atoms with van der Waals surface area (Å²) in [6.07, 6.45) is 12.1. The number of hydrogen-bond donors (Lipinski definition) is 2. The van der Waals surface area contributed by atoms with Crippen LogP contribution in [0, 0.1) is 13.8 Å². The standard InChI is InChI=1S/C21H25BF2N3OS.C21H25N3O2S/c1-15-11-17(14-28)25-18(15)13-19-16(7-5-9-27(2,3)4)12-20(21-8-6-10-29-21)26(19)22(25,23)24;1-14-11-19(21(25)26)22-16(14)13-17-15(7-5-9-24(2,3)4)12-18(23-17)20-8-6-10-27-20/h6,8,10-14H,5,7,9H2,1-4H3;6,8,10-13H,5,7,9H2,1-4H3,(H-,22,23,25,26)/q+1;/p+1. The third kappa shape index (κ3) is 8.94. The summed E-state index contributed by atoms with van der Waals surface area (Å²) in [5, 5.41) is 13.2. The Morgan fingerprint density at radius 1 is 0.911 bits per heavy atom. The third-order valence-electron chi connectivity index (χ3n) is 10.0. The highest BCUT2D eigenvalue weighted by Crippen LogP contribution is 2.39. The molecule has 0 radical (unpaired) electrons. The topological polar surface area (TPSA) is 90.5 Å². The van der Waals surface area contributed by atoms with E-state index in [2.05, 4.69) is 64.8 Å². The largest absolute Gasteiger partial charge is 0.738 e. The van der Waals surface area contributed by atoms with Crippen molar-refractivity contribution in [2.45, 2.75) is 39.5 Å². The van der Waals surface area contributed by atoms with Gasteiger partial charge >= 0.3 is 12.9 Å². The number of aliphatic imine (C=N–C) groups is 1. The molecule has 7 rings (SSSR count). The molecule has 0 unspecified atom stereocenters. The Hall–Kier alpha value is -4.76. The zero-order valence-electron chi connectivity index (χ0n) is 33.4. The SMILES string of the molecule is Cc1cc(C(=O)O)[nH]c1C=C1N=C(c2cccs2)C=C1CCC[N+](C)(C)C.Cc1cc(C=O)n2c1C=C1C(CCC[N+](C)(C)C)=CC(c3cccs3)=[N+]1[B-]2(F)F. The predicted octanol–water partition coefficient (Wildman–Crippen LogP) is 8.52. The van der Waals surface area contributed by atoms with Crippen molar-refractivity contribution in [1.29, 1.82) is 0 Å². The van der Waals surface area contributed by atoms with Crippen LogP contribution in [0.25, 0.3) is 12.2 Å². The molecule has 4 aromatic heterocycles. The van der Waals surface area contributed by atoms with Crippen LogP contribution in [-0.2, 0) is 0 Å². The molecule has 3 aliphatic rings. The smallest absolute Gasteiger partial charge is 0.477 e.